The monoisotopic (exact) mass is 198 g/mol. The van der Waals surface area contributed by atoms with Crippen LogP contribution in [0.3, 0.4) is 0 Å². The van der Waals surface area contributed by atoms with Gasteiger partial charge in [-0.05, 0) is 12.1 Å². The fourth-order valence-corrected chi connectivity index (χ4v) is 0.736. The maximum atomic E-state index is 8.15. The molecule has 5 N–H and O–H groups in total. The summed E-state index contributed by atoms with van der Waals surface area (Å²) < 4.78 is 0. The van der Waals surface area contributed by atoms with Crippen LogP contribution in [-0.4, -0.2) is 36.5 Å². The van der Waals surface area contributed by atoms with E-state index in [0.29, 0.717) is 13.1 Å². The molecule has 0 radical (unpaired) electrons. The second-order valence-corrected chi connectivity index (χ2v) is 2.61. The number of nitrogens with one attached hydrogen (secondary N) is 1. The molecule has 0 atom stereocenters. The second kappa shape index (κ2) is 9.98. The van der Waals surface area contributed by atoms with E-state index >= 15 is 0 Å². The minimum atomic E-state index is 0.139. The van der Waals surface area contributed by atoms with E-state index < -0.39 is 0 Å². The molecular weight excluding hydrogens is 180 g/mol. The second-order valence-electron chi connectivity index (χ2n) is 2.61. The third-order valence-corrected chi connectivity index (χ3v) is 1.38. The Balaban J connectivity index is 0.000000241. The molecule has 4 nitrogen and oxygen atoms in total. The molecule has 0 unspecified atom stereocenters. The highest BCUT2D eigenvalue weighted by Gasteiger charge is 1.78. The van der Waals surface area contributed by atoms with E-state index in [-0.39, 0.29) is 13.2 Å². The number of benzene rings is 1. The van der Waals surface area contributed by atoms with Crippen LogP contribution in [0.1, 0.15) is 0 Å². The van der Waals surface area contributed by atoms with Gasteiger partial charge in [0, 0.05) is 18.8 Å². The van der Waals surface area contributed by atoms with Crippen LogP contribution in [0.2, 0.25) is 0 Å². The van der Waals surface area contributed by atoms with Gasteiger partial charge in [-0.3, -0.25) is 0 Å². The lowest BCUT2D eigenvalue weighted by Crippen LogP contribution is -2.21. The van der Waals surface area contributed by atoms with Crippen LogP contribution in [-0.2, 0) is 0 Å². The standard InChI is InChI=1S/C6H7N.C4H11NO2/c7-6-4-2-1-3-5-6;6-3-1-5-2-4-7/h1-5H,7H2;5-7H,1-4H2. The van der Waals surface area contributed by atoms with Crippen molar-refractivity contribution in [2.45, 2.75) is 0 Å². The van der Waals surface area contributed by atoms with Crippen LogP contribution in [0.5, 0.6) is 0 Å². The lowest BCUT2D eigenvalue weighted by molar-refractivity contribution is 0.267. The Labute approximate surface area is 84.4 Å². The van der Waals surface area contributed by atoms with Crippen molar-refractivity contribution in [3.05, 3.63) is 30.3 Å². The van der Waals surface area contributed by atoms with Crippen molar-refractivity contribution in [1.29, 1.82) is 0 Å². The first-order valence-corrected chi connectivity index (χ1v) is 4.54. The summed E-state index contributed by atoms with van der Waals surface area (Å²) in [6.45, 7) is 1.42. The van der Waals surface area contributed by atoms with Gasteiger partial charge in [0.25, 0.3) is 0 Å². The molecule has 0 bridgehead atoms. The molecule has 0 aliphatic carbocycles. The van der Waals surface area contributed by atoms with E-state index in [1.54, 1.807) is 0 Å². The summed E-state index contributed by atoms with van der Waals surface area (Å²) in [4.78, 5) is 0. The Morgan fingerprint density at radius 1 is 1.00 bits per heavy atom. The summed E-state index contributed by atoms with van der Waals surface area (Å²) in [6.07, 6.45) is 0. The Bertz CT molecular complexity index is 201. The average Bonchev–Trinajstić information content (AvgIpc) is 2.21. The minimum Gasteiger partial charge on any atom is -0.399 e. The van der Waals surface area contributed by atoms with E-state index in [1.165, 1.54) is 0 Å². The summed E-state index contributed by atoms with van der Waals surface area (Å²) in [7, 11) is 0. The Morgan fingerprint density at radius 3 is 1.79 bits per heavy atom. The molecule has 0 fully saturated rings. The van der Waals surface area contributed by atoms with Crippen molar-refractivity contribution in [2.24, 2.45) is 0 Å². The smallest absolute Gasteiger partial charge is 0.0555 e. The summed E-state index contributed by atoms with van der Waals surface area (Å²) >= 11 is 0. The predicted octanol–water partition coefficient (Wildman–Crippen LogP) is -0.171. The van der Waals surface area contributed by atoms with Gasteiger partial charge in [0.2, 0.25) is 0 Å². The molecule has 0 aromatic heterocycles. The van der Waals surface area contributed by atoms with Crippen molar-refractivity contribution < 1.29 is 10.2 Å². The fourth-order valence-electron chi connectivity index (χ4n) is 0.736. The maximum absolute atomic E-state index is 8.15. The molecule has 0 aliphatic rings. The number of rotatable bonds is 4. The number of nitrogens with two attached hydrogens (primary N) is 1. The van der Waals surface area contributed by atoms with Gasteiger partial charge in [-0.15, -0.1) is 0 Å². The first-order valence-electron chi connectivity index (χ1n) is 4.54. The first kappa shape index (κ1) is 12.9. The Morgan fingerprint density at radius 2 is 1.50 bits per heavy atom. The molecule has 80 valence electrons. The molecule has 0 heterocycles. The van der Waals surface area contributed by atoms with E-state index in [2.05, 4.69) is 5.32 Å². The molecule has 14 heavy (non-hydrogen) atoms. The lowest BCUT2D eigenvalue weighted by Gasteiger charge is -1.94. The van der Waals surface area contributed by atoms with E-state index in [4.69, 9.17) is 15.9 Å². The van der Waals surface area contributed by atoms with Gasteiger partial charge < -0.3 is 21.3 Å². The highest BCUT2D eigenvalue weighted by Crippen LogP contribution is 1.95. The quantitative estimate of drug-likeness (QED) is 0.400. The average molecular weight is 198 g/mol. The van der Waals surface area contributed by atoms with E-state index in [0.717, 1.165) is 5.69 Å². The molecular formula is C10H18N2O2. The van der Waals surface area contributed by atoms with Crippen molar-refractivity contribution in [1.82, 2.24) is 5.32 Å². The third kappa shape index (κ3) is 8.99. The largest absolute Gasteiger partial charge is 0.399 e. The van der Waals surface area contributed by atoms with Gasteiger partial charge in [-0.2, -0.15) is 0 Å². The number of aliphatic hydroxyl groups excluding tert-OH is 2. The van der Waals surface area contributed by atoms with Crippen molar-refractivity contribution in [2.75, 3.05) is 32.0 Å². The summed E-state index contributed by atoms with van der Waals surface area (Å²) in [5.41, 5.74) is 6.18. The van der Waals surface area contributed by atoms with E-state index in [1.807, 2.05) is 30.3 Å². The number of anilines is 1. The fraction of sp³-hybridized carbons (Fsp3) is 0.400. The molecule has 1 aromatic rings. The molecule has 0 amide bonds. The zero-order valence-electron chi connectivity index (χ0n) is 8.19. The molecule has 0 saturated heterocycles. The van der Waals surface area contributed by atoms with Crippen LogP contribution >= 0.6 is 0 Å². The highest BCUT2D eigenvalue weighted by atomic mass is 16.3. The number of para-hydroxylation sites is 1. The van der Waals surface area contributed by atoms with E-state index in [9.17, 15) is 0 Å². The van der Waals surface area contributed by atoms with Crippen molar-refractivity contribution in [3.63, 3.8) is 0 Å². The van der Waals surface area contributed by atoms with Crippen LogP contribution < -0.4 is 11.1 Å². The van der Waals surface area contributed by atoms with Gasteiger partial charge >= 0.3 is 0 Å². The molecule has 0 aliphatic heterocycles. The number of nitrogen functional groups attached to an aromatic ring is 1. The maximum Gasteiger partial charge on any atom is 0.0555 e. The summed E-state index contributed by atoms with van der Waals surface area (Å²) in [6, 6.07) is 9.49. The highest BCUT2D eigenvalue weighted by molar-refractivity contribution is 5.35. The van der Waals surface area contributed by atoms with Crippen molar-refractivity contribution in [3.8, 4) is 0 Å². The number of aliphatic hydroxyl groups is 2. The van der Waals surface area contributed by atoms with Gasteiger partial charge in [-0.1, -0.05) is 18.2 Å². The summed E-state index contributed by atoms with van der Waals surface area (Å²) in [5.74, 6) is 0. The molecule has 0 saturated carbocycles. The zero-order valence-corrected chi connectivity index (χ0v) is 8.19. The molecule has 0 spiro atoms. The topological polar surface area (TPSA) is 78.5 Å². The SMILES string of the molecule is Nc1ccccc1.OCCNCCO. The molecule has 1 rings (SSSR count). The normalized spacial score (nSPS) is 9.00. The van der Waals surface area contributed by atoms with Crippen LogP contribution in [0.15, 0.2) is 30.3 Å². The van der Waals surface area contributed by atoms with Gasteiger partial charge in [-0.25, -0.2) is 0 Å². The molecule has 1 aromatic carbocycles. The van der Waals surface area contributed by atoms with Gasteiger partial charge in [0.05, 0.1) is 13.2 Å². The predicted molar refractivity (Wildman–Crippen MR) is 57.9 cm³/mol. The Kier molecular flexibility index (Phi) is 9.20. The van der Waals surface area contributed by atoms with Gasteiger partial charge in [0.1, 0.15) is 0 Å². The molecule has 4 heteroatoms. The zero-order chi connectivity index (χ0) is 10.6. The summed E-state index contributed by atoms with van der Waals surface area (Å²) in [5, 5.41) is 19.1. The number of hydrogen-bond donors (Lipinski definition) is 4. The van der Waals surface area contributed by atoms with Crippen LogP contribution in [0, 0.1) is 0 Å². The van der Waals surface area contributed by atoms with Gasteiger partial charge in [0.15, 0.2) is 0 Å². The van der Waals surface area contributed by atoms with Crippen molar-refractivity contribution >= 4 is 5.69 Å². The Hall–Kier alpha value is -1.10. The number of hydrogen-bond acceptors (Lipinski definition) is 4. The lowest BCUT2D eigenvalue weighted by atomic mass is 10.3. The van der Waals surface area contributed by atoms with Crippen LogP contribution in [0.4, 0.5) is 5.69 Å². The minimum absolute atomic E-state index is 0.139. The first-order chi connectivity index (χ1) is 6.81. The van der Waals surface area contributed by atoms with Crippen LogP contribution in [0.25, 0.3) is 0 Å². The third-order valence-electron chi connectivity index (χ3n) is 1.38.